The first-order chi connectivity index (χ1) is 9.61. The Bertz CT molecular complexity index is 557. The van der Waals surface area contributed by atoms with Gasteiger partial charge in [-0.25, -0.2) is 13.2 Å². The minimum absolute atomic E-state index is 0.0867. The van der Waals surface area contributed by atoms with E-state index in [1.54, 1.807) is 18.2 Å². The van der Waals surface area contributed by atoms with Crippen molar-refractivity contribution in [3.05, 3.63) is 65.5 Å². The van der Waals surface area contributed by atoms with E-state index in [-0.39, 0.29) is 17.9 Å². The lowest BCUT2D eigenvalue weighted by molar-refractivity contribution is 0.151. The van der Waals surface area contributed by atoms with E-state index >= 15 is 0 Å². The highest BCUT2D eigenvalue weighted by molar-refractivity contribution is 5.47. The molecule has 0 saturated carbocycles. The van der Waals surface area contributed by atoms with Crippen molar-refractivity contribution < 1.29 is 18.3 Å². The third kappa shape index (κ3) is 3.30. The van der Waals surface area contributed by atoms with Crippen LogP contribution in [0.4, 0.5) is 18.9 Å². The number of para-hydroxylation sites is 1. The van der Waals surface area contributed by atoms with Crippen LogP contribution in [0, 0.1) is 5.82 Å². The fourth-order valence-electron chi connectivity index (χ4n) is 1.87. The Morgan fingerprint density at radius 1 is 0.950 bits per heavy atom. The quantitative estimate of drug-likeness (QED) is 0.871. The van der Waals surface area contributed by atoms with Crippen molar-refractivity contribution in [1.82, 2.24) is 0 Å². The molecular formula is C15H14F3NO. The van der Waals surface area contributed by atoms with Gasteiger partial charge in [-0.1, -0.05) is 36.4 Å². The summed E-state index contributed by atoms with van der Waals surface area (Å²) in [6.07, 6.45) is -2.53. The molecule has 5 heteroatoms. The third-order valence-electron chi connectivity index (χ3n) is 2.98. The minimum Gasteiger partial charge on any atom is -0.394 e. The monoisotopic (exact) mass is 281 g/mol. The molecule has 2 N–H and O–H groups in total. The fourth-order valence-corrected chi connectivity index (χ4v) is 1.87. The predicted octanol–water partition coefficient (Wildman–Crippen LogP) is 3.91. The van der Waals surface area contributed by atoms with Gasteiger partial charge in [0, 0.05) is 5.56 Å². The molecule has 1 unspecified atom stereocenters. The maximum absolute atomic E-state index is 13.5. The van der Waals surface area contributed by atoms with Crippen molar-refractivity contribution in [2.45, 2.75) is 12.5 Å². The Morgan fingerprint density at radius 3 is 2.10 bits per heavy atom. The van der Waals surface area contributed by atoms with Crippen molar-refractivity contribution in [1.29, 1.82) is 0 Å². The summed E-state index contributed by atoms with van der Waals surface area (Å²) in [7, 11) is 0. The van der Waals surface area contributed by atoms with Crippen LogP contribution in [0.5, 0.6) is 0 Å². The second-order valence-corrected chi connectivity index (χ2v) is 4.33. The molecule has 1 atom stereocenters. The Kier molecular flexibility index (Phi) is 4.63. The molecule has 0 aliphatic heterocycles. The zero-order valence-electron chi connectivity index (χ0n) is 10.6. The van der Waals surface area contributed by atoms with E-state index in [9.17, 15) is 18.3 Å². The number of hydrogen-bond donors (Lipinski definition) is 2. The lowest BCUT2D eigenvalue weighted by atomic mass is 10.0. The van der Waals surface area contributed by atoms with E-state index in [1.165, 1.54) is 30.3 Å². The van der Waals surface area contributed by atoms with Gasteiger partial charge in [-0.3, -0.25) is 0 Å². The lowest BCUT2D eigenvalue weighted by Gasteiger charge is -2.18. The summed E-state index contributed by atoms with van der Waals surface area (Å²) in [5.74, 6) is -0.435. The number of halogens is 3. The highest BCUT2D eigenvalue weighted by Crippen LogP contribution is 2.24. The smallest absolute Gasteiger partial charge is 0.263 e. The van der Waals surface area contributed by atoms with Crippen LogP contribution in [0.2, 0.25) is 0 Å². The van der Waals surface area contributed by atoms with Crippen LogP contribution < -0.4 is 5.32 Å². The van der Waals surface area contributed by atoms with E-state index < -0.39 is 18.3 Å². The number of hydrogen-bond acceptors (Lipinski definition) is 2. The number of nitrogens with one attached hydrogen (secondary N) is 1. The van der Waals surface area contributed by atoms with Gasteiger partial charge in [0.25, 0.3) is 6.43 Å². The van der Waals surface area contributed by atoms with E-state index in [2.05, 4.69) is 5.32 Å². The highest BCUT2D eigenvalue weighted by Gasteiger charge is 2.13. The molecule has 0 fully saturated rings. The van der Waals surface area contributed by atoms with E-state index in [1.807, 2.05) is 0 Å². The van der Waals surface area contributed by atoms with Gasteiger partial charge in [-0.2, -0.15) is 0 Å². The van der Waals surface area contributed by atoms with Crippen LogP contribution in [0.1, 0.15) is 23.6 Å². The summed E-state index contributed by atoms with van der Waals surface area (Å²) >= 11 is 0. The lowest BCUT2D eigenvalue weighted by Crippen LogP contribution is -2.15. The van der Waals surface area contributed by atoms with Crippen molar-refractivity contribution in [3.63, 3.8) is 0 Å². The third-order valence-corrected chi connectivity index (χ3v) is 2.98. The van der Waals surface area contributed by atoms with Gasteiger partial charge in [-0.05, 0) is 17.7 Å². The van der Waals surface area contributed by atoms with Crippen LogP contribution >= 0.6 is 0 Å². The van der Waals surface area contributed by atoms with Gasteiger partial charge in [0.2, 0.25) is 0 Å². The number of rotatable bonds is 5. The van der Waals surface area contributed by atoms with Crippen LogP contribution in [0.3, 0.4) is 0 Å². The molecule has 0 saturated heterocycles. The molecule has 0 heterocycles. The Balaban J connectivity index is 2.18. The molecular weight excluding hydrogens is 267 g/mol. The molecule has 0 aliphatic rings. The van der Waals surface area contributed by atoms with Crippen molar-refractivity contribution in [2.75, 3.05) is 11.9 Å². The highest BCUT2D eigenvalue weighted by atomic mass is 19.3. The minimum atomic E-state index is -2.53. The zero-order chi connectivity index (χ0) is 14.5. The van der Waals surface area contributed by atoms with E-state index in [0.29, 0.717) is 5.56 Å². The maximum Gasteiger partial charge on any atom is 0.263 e. The van der Waals surface area contributed by atoms with Crippen LogP contribution in [-0.2, 0) is 0 Å². The molecule has 0 bridgehead atoms. The van der Waals surface area contributed by atoms with E-state index in [4.69, 9.17) is 0 Å². The second kappa shape index (κ2) is 6.43. The van der Waals surface area contributed by atoms with Crippen LogP contribution in [0.15, 0.2) is 48.5 Å². The number of benzene rings is 2. The number of aliphatic hydroxyl groups is 1. The second-order valence-electron chi connectivity index (χ2n) is 4.33. The number of alkyl halides is 2. The summed E-state index contributed by atoms with van der Waals surface area (Å²) in [4.78, 5) is 0. The summed E-state index contributed by atoms with van der Waals surface area (Å²) in [5, 5.41) is 12.2. The van der Waals surface area contributed by atoms with E-state index in [0.717, 1.165) is 0 Å². The molecule has 2 aromatic carbocycles. The fraction of sp³-hybridized carbons (Fsp3) is 0.200. The largest absolute Gasteiger partial charge is 0.394 e. The van der Waals surface area contributed by atoms with Crippen LogP contribution in [-0.4, -0.2) is 11.7 Å². The molecule has 2 rings (SSSR count). The zero-order valence-corrected chi connectivity index (χ0v) is 10.6. The first-order valence-corrected chi connectivity index (χ1v) is 6.11. The molecule has 0 amide bonds. The first-order valence-electron chi connectivity index (χ1n) is 6.11. The average Bonchev–Trinajstić information content (AvgIpc) is 2.46. The molecule has 0 aromatic heterocycles. The molecule has 20 heavy (non-hydrogen) atoms. The Hall–Kier alpha value is -2.01. The maximum atomic E-state index is 13.5. The van der Waals surface area contributed by atoms with Crippen molar-refractivity contribution in [3.8, 4) is 0 Å². The predicted molar refractivity (Wildman–Crippen MR) is 71.2 cm³/mol. The Labute approximate surface area is 114 Å². The average molecular weight is 281 g/mol. The van der Waals surface area contributed by atoms with Crippen LogP contribution in [0.25, 0.3) is 0 Å². The molecule has 0 aliphatic carbocycles. The van der Waals surface area contributed by atoms with Gasteiger partial charge >= 0.3 is 0 Å². The molecule has 0 radical (unpaired) electrons. The topological polar surface area (TPSA) is 32.3 Å². The standard InChI is InChI=1S/C15H14F3NO/c16-12-3-1-2-4-13(12)19-14(9-20)10-5-7-11(8-6-10)15(17)18/h1-8,14-15,19-20H,9H2. The van der Waals surface area contributed by atoms with Gasteiger partial charge in [-0.15, -0.1) is 0 Å². The van der Waals surface area contributed by atoms with Crippen molar-refractivity contribution >= 4 is 5.69 Å². The van der Waals surface area contributed by atoms with Gasteiger partial charge in [0.1, 0.15) is 5.82 Å². The summed E-state index contributed by atoms with van der Waals surface area (Å²) < 4.78 is 38.5. The SMILES string of the molecule is OCC(Nc1ccccc1F)c1ccc(C(F)F)cc1. The number of anilines is 1. The van der Waals surface area contributed by atoms with Gasteiger partial charge in [0.05, 0.1) is 18.3 Å². The molecule has 106 valence electrons. The summed E-state index contributed by atoms with van der Waals surface area (Å²) in [6, 6.07) is 11.1. The summed E-state index contributed by atoms with van der Waals surface area (Å²) in [5.41, 5.74) is 0.779. The van der Waals surface area contributed by atoms with Gasteiger partial charge < -0.3 is 10.4 Å². The Morgan fingerprint density at radius 2 is 1.55 bits per heavy atom. The molecule has 2 nitrogen and oxygen atoms in total. The molecule has 2 aromatic rings. The molecule has 0 spiro atoms. The summed E-state index contributed by atoms with van der Waals surface area (Å²) in [6.45, 7) is -0.275. The van der Waals surface area contributed by atoms with Gasteiger partial charge in [0.15, 0.2) is 0 Å². The normalized spacial score (nSPS) is 12.4. The first kappa shape index (κ1) is 14.4. The number of aliphatic hydroxyl groups excluding tert-OH is 1. The van der Waals surface area contributed by atoms with Crippen molar-refractivity contribution in [2.24, 2.45) is 0 Å².